The topological polar surface area (TPSA) is 24.1 Å². The van der Waals surface area contributed by atoms with Crippen LogP contribution in [0.2, 0.25) is 0 Å². The third-order valence-corrected chi connectivity index (χ3v) is 2.94. The number of nitrogens with one attached hydrogen (secondary N) is 2. The van der Waals surface area contributed by atoms with E-state index in [1.165, 1.54) is 11.4 Å². The van der Waals surface area contributed by atoms with Crippen LogP contribution in [-0.2, 0) is 0 Å². The summed E-state index contributed by atoms with van der Waals surface area (Å²) in [6.07, 6.45) is 5.84. The molecule has 1 aromatic rings. The first-order chi connectivity index (χ1) is 7.85. The third kappa shape index (κ3) is 2.11. The molecule has 1 aliphatic heterocycles. The molecule has 0 saturated heterocycles. The van der Waals surface area contributed by atoms with E-state index in [0.717, 1.165) is 12.8 Å². The molecule has 2 N–H and O–H groups in total. The average Bonchev–Trinajstić information content (AvgIpc) is 2.30. The van der Waals surface area contributed by atoms with Crippen molar-refractivity contribution in [2.75, 3.05) is 10.6 Å². The number of anilines is 2. The van der Waals surface area contributed by atoms with Crippen molar-refractivity contribution < 1.29 is 0 Å². The van der Waals surface area contributed by atoms with E-state index in [-0.39, 0.29) is 0 Å². The Bertz CT molecular complexity index is 347. The second kappa shape index (κ2) is 4.88. The fourth-order valence-corrected chi connectivity index (χ4v) is 2.14. The van der Waals surface area contributed by atoms with Crippen LogP contribution in [0.1, 0.15) is 12.8 Å². The molecule has 1 aromatic carbocycles. The maximum absolute atomic E-state index is 3.81. The summed E-state index contributed by atoms with van der Waals surface area (Å²) >= 11 is 0. The van der Waals surface area contributed by atoms with Crippen LogP contribution in [0.25, 0.3) is 0 Å². The maximum atomic E-state index is 3.81. The number of rotatable bonds is 4. The molecule has 2 rings (SSSR count). The van der Waals surface area contributed by atoms with E-state index < -0.39 is 0 Å². The SMILES string of the molecule is C=CC[C@@H]1Nc2ccccc2N[C@H]1CC=C. The Hall–Kier alpha value is -1.70. The van der Waals surface area contributed by atoms with Gasteiger partial charge < -0.3 is 10.6 Å². The zero-order chi connectivity index (χ0) is 11.4. The van der Waals surface area contributed by atoms with Crippen LogP contribution < -0.4 is 10.6 Å². The van der Waals surface area contributed by atoms with Gasteiger partial charge in [0.25, 0.3) is 0 Å². The molecule has 0 radical (unpaired) electrons. The number of benzene rings is 1. The number of fused-ring (bicyclic) bond motifs is 1. The fourth-order valence-electron chi connectivity index (χ4n) is 2.14. The van der Waals surface area contributed by atoms with Gasteiger partial charge in [0.1, 0.15) is 0 Å². The Labute approximate surface area is 97.1 Å². The van der Waals surface area contributed by atoms with Crippen LogP contribution in [0.15, 0.2) is 49.6 Å². The van der Waals surface area contributed by atoms with Crippen molar-refractivity contribution in [2.24, 2.45) is 0 Å². The standard InChI is InChI=1S/C14H18N2/c1-3-7-11-12(8-4-2)16-14-10-6-5-9-13(14)15-11/h3-6,9-12,15-16H,1-2,7-8H2/t11-,12-/m0/s1. The Kier molecular flexibility index (Phi) is 3.30. The van der Waals surface area contributed by atoms with Crippen molar-refractivity contribution >= 4 is 11.4 Å². The molecule has 0 unspecified atom stereocenters. The molecule has 2 heteroatoms. The first-order valence-corrected chi connectivity index (χ1v) is 5.69. The van der Waals surface area contributed by atoms with Gasteiger partial charge >= 0.3 is 0 Å². The van der Waals surface area contributed by atoms with Crippen molar-refractivity contribution in [3.8, 4) is 0 Å². The molecule has 16 heavy (non-hydrogen) atoms. The minimum Gasteiger partial charge on any atom is -0.378 e. The van der Waals surface area contributed by atoms with Crippen molar-refractivity contribution in [2.45, 2.75) is 24.9 Å². The summed E-state index contributed by atoms with van der Waals surface area (Å²) in [5, 5.41) is 7.10. The Morgan fingerprint density at radius 3 is 1.75 bits per heavy atom. The Morgan fingerprint density at radius 1 is 0.938 bits per heavy atom. The lowest BCUT2D eigenvalue weighted by Gasteiger charge is -2.35. The first kappa shape index (κ1) is 10.8. The first-order valence-electron chi connectivity index (χ1n) is 5.69. The Morgan fingerprint density at radius 2 is 1.38 bits per heavy atom. The average molecular weight is 214 g/mol. The largest absolute Gasteiger partial charge is 0.378 e. The van der Waals surface area contributed by atoms with Crippen LogP contribution in [0.3, 0.4) is 0 Å². The van der Waals surface area contributed by atoms with E-state index in [1.807, 2.05) is 24.3 Å². The molecule has 0 bridgehead atoms. The molecule has 2 atom stereocenters. The van der Waals surface area contributed by atoms with Gasteiger partial charge in [-0.2, -0.15) is 0 Å². The van der Waals surface area contributed by atoms with Gasteiger partial charge in [0, 0.05) is 0 Å². The summed E-state index contributed by atoms with van der Waals surface area (Å²) in [5.74, 6) is 0. The van der Waals surface area contributed by atoms with Gasteiger partial charge in [-0.1, -0.05) is 24.3 Å². The Balaban J connectivity index is 2.21. The van der Waals surface area contributed by atoms with E-state index in [4.69, 9.17) is 0 Å². The van der Waals surface area contributed by atoms with Crippen LogP contribution in [-0.4, -0.2) is 12.1 Å². The highest BCUT2D eigenvalue weighted by Gasteiger charge is 2.24. The van der Waals surface area contributed by atoms with Crippen molar-refractivity contribution in [3.05, 3.63) is 49.6 Å². The predicted octanol–water partition coefficient (Wildman–Crippen LogP) is 3.41. The van der Waals surface area contributed by atoms with E-state index in [9.17, 15) is 0 Å². The quantitative estimate of drug-likeness (QED) is 0.750. The van der Waals surface area contributed by atoms with Crippen molar-refractivity contribution in [1.29, 1.82) is 0 Å². The lowest BCUT2D eigenvalue weighted by Crippen LogP contribution is -2.42. The van der Waals surface area contributed by atoms with Crippen LogP contribution in [0.5, 0.6) is 0 Å². The third-order valence-electron chi connectivity index (χ3n) is 2.94. The van der Waals surface area contributed by atoms with E-state index in [2.05, 4.69) is 35.9 Å². The van der Waals surface area contributed by atoms with Gasteiger partial charge in [-0.05, 0) is 25.0 Å². The highest BCUT2D eigenvalue weighted by atomic mass is 15.1. The normalized spacial score (nSPS) is 22.5. The zero-order valence-corrected chi connectivity index (χ0v) is 9.45. The summed E-state index contributed by atoms with van der Waals surface area (Å²) in [4.78, 5) is 0. The van der Waals surface area contributed by atoms with Crippen LogP contribution in [0.4, 0.5) is 11.4 Å². The second-order valence-electron chi connectivity index (χ2n) is 4.10. The van der Waals surface area contributed by atoms with Crippen LogP contribution in [0, 0.1) is 0 Å². The van der Waals surface area contributed by atoms with Gasteiger partial charge in [-0.25, -0.2) is 0 Å². The number of para-hydroxylation sites is 2. The molecule has 0 aliphatic carbocycles. The molecule has 1 aliphatic rings. The van der Waals surface area contributed by atoms with E-state index in [0.29, 0.717) is 12.1 Å². The highest BCUT2D eigenvalue weighted by Crippen LogP contribution is 2.30. The molecule has 0 aromatic heterocycles. The molecule has 84 valence electrons. The summed E-state index contributed by atoms with van der Waals surface area (Å²) in [5.41, 5.74) is 2.35. The molecule has 2 nitrogen and oxygen atoms in total. The maximum Gasteiger partial charge on any atom is 0.0579 e. The van der Waals surface area contributed by atoms with Gasteiger partial charge in [-0.15, -0.1) is 13.2 Å². The lowest BCUT2D eigenvalue weighted by atomic mass is 9.97. The number of hydrogen-bond donors (Lipinski definition) is 2. The highest BCUT2D eigenvalue weighted by molar-refractivity contribution is 5.71. The van der Waals surface area contributed by atoms with Gasteiger partial charge in [-0.3, -0.25) is 0 Å². The van der Waals surface area contributed by atoms with Crippen molar-refractivity contribution in [3.63, 3.8) is 0 Å². The minimum absolute atomic E-state index is 0.394. The monoisotopic (exact) mass is 214 g/mol. The van der Waals surface area contributed by atoms with Gasteiger partial charge in [0.05, 0.1) is 23.5 Å². The smallest absolute Gasteiger partial charge is 0.0579 e. The van der Waals surface area contributed by atoms with E-state index >= 15 is 0 Å². The summed E-state index contributed by atoms with van der Waals surface area (Å²) in [6, 6.07) is 9.08. The zero-order valence-electron chi connectivity index (χ0n) is 9.45. The lowest BCUT2D eigenvalue weighted by molar-refractivity contribution is 0.587. The fraction of sp³-hybridized carbons (Fsp3) is 0.286. The van der Waals surface area contributed by atoms with Crippen LogP contribution >= 0.6 is 0 Å². The molecular weight excluding hydrogens is 196 g/mol. The minimum atomic E-state index is 0.394. The second-order valence-corrected chi connectivity index (χ2v) is 4.10. The molecule has 0 amide bonds. The molecule has 0 spiro atoms. The molecule has 1 heterocycles. The van der Waals surface area contributed by atoms with Crippen molar-refractivity contribution in [1.82, 2.24) is 0 Å². The molecule has 0 fully saturated rings. The van der Waals surface area contributed by atoms with Gasteiger partial charge in [0.15, 0.2) is 0 Å². The van der Waals surface area contributed by atoms with Gasteiger partial charge in [0.2, 0.25) is 0 Å². The summed E-state index contributed by atoms with van der Waals surface area (Å²) in [6.45, 7) is 7.62. The summed E-state index contributed by atoms with van der Waals surface area (Å²) in [7, 11) is 0. The van der Waals surface area contributed by atoms with E-state index in [1.54, 1.807) is 0 Å². The summed E-state index contributed by atoms with van der Waals surface area (Å²) < 4.78 is 0. The molecular formula is C14H18N2. The number of hydrogen-bond acceptors (Lipinski definition) is 2. The predicted molar refractivity (Wildman–Crippen MR) is 70.9 cm³/mol. The molecule has 0 saturated carbocycles.